The van der Waals surface area contributed by atoms with Gasteiger partial charge in [0.05, 0.1) is 13.7 Å². The van der Waals surface area contributed by atoms with Crippen molar-refractivity contribution in [2.24, 2.45) is 4.99 Å². The van der Waals surface area contributed by atoms with E-state index in [9.17, 15) is 0 Å². The van der Waals surface area contributed by atoms with Crippen LogP contribution in [-0.4, -0.2) is 26.0 Å². The molecule has 18 heavy (non-hydrogen) atoms. The Hall–Kier alpha value is -1.51. The van der Waals surface area contributed by atoms with E-state index in [-0.39, 0.29) is 0 Å². The second-order valence-corrected chi connectivity index (χ2v) is 5.16. The van der Waals surface area contributed by atoms with Crippen LogP contribution in [0.25, 0.3) is 0 Å². The Balaban J connectivity index is 2.03. The molecule has 0 saturated heterocycles. The van der Waals surface area contributed by atoms with E-state index in [1.54, 1.807) is 7.11 Å². The highest BCUT2D eigenvalue weighted by atomic mass is 16.5. The Morgan fingerprint density at radius 2 is 2.28 bits per heavy atom. The molecule has 1 aromatic carbocycles. The smallest absolute Gasteiger partial charge is 0.122 e. The van der Waals surface area contributed by atoms with Crippen molar-refractivity contribution in [3.63, 3.8) is 0 Å². The van der Waals surface area contributed by atoms with Gasteiger partial charge in [-0.05, 0) is 48.9 Å². The fraction of sp³-hybridized carbons (Fsp3) is 0.533. The van der Waals surface area contributed by atoms with Gasteiger partial charge in [0.25, 0.3) is 0 Å². The first-order valence-electron chi connectivity index (χ1n) is 6.75. The molecule has 3 heteroatoms. The average molecular weight is 244 g/mol. The van der Waals surface area contributed by atoms with Crippen molar-refractivity contribution in [2.75, 3.05) is 20.2 Å². The number of aryl methyl sites for hydroxylation is 2. The van der Waals surface area contributed by atoms with Gasteiger partial charge in [0.2, 0.25) is 0 Å². The van der Waals surface area contributed by atoms with Crippen molar-refractivity contribution in [1.82, 2.24) is 5.32 Å². The molecule has 1 unspecified atom stereocenters. The Bertz CT molecular complexity index is 494. The van der Waals surface area contributed by atoms with Gasteiger partial charge in [0.1, 0.15) is 11.6 Å². The molecule has 1 atom stereocenters. The van der Waals surface area contributed by atoms with Crippen LogP contribution in [0.3, 0.4) is 0 Å². The number of hydrogen-bond donors (Lipinski definition) is 1. The van der Waals surface area contributed by atoms with E-state index in [0.717, 1.165) is 18.8 Å². The molecule has 3 nitrogen and oxygen atoms in total. The zero-order valence-electron chi connectivity index (χ0n) is 11.1. The van der Waals surface area contributed by atoms with E-state index < -0.39 is 0 Å². The van der Waals surface area contributed by atoms with Crippen molar-refractivity contribution >= 4 is 5.84 Å². The zero-order chi connectivity index (χ0) is 12.5. The minimum atomic E-state index is 0.450. The topological polar surface area (TPSA) is 33.6 Å². The Kier molecular flexibility index (Phi) is 2.98. The second kappa shape index (κ2) is 4.63. The molecule has 0 amide bonds. The molecule has 0 aromatic heterocycles. The molecule has 96 valence electrons. The summed E-state index contributed by atoms with van der Waals surface area (Å²) in [6, 6.07) is 4.51. The predicted molar refractivity (Wildman–Crippen MR) is 73.7 cm³/mol. The van der Waals surface area contributed by atoms with Crippen LogP contribution in [0.5, 0.6) is 5.75 Å². The van der Waals surface area contributed by atoms with Crippen molar-refractivity contribution < 1.29 is 4.74 Å². The van der Waals surface area contributed by atoms with Crippen LogP contribution in [-0.2, 0) is 6.42 Å². The first kappa shape index (κ1) is 11.6. The number of amidine groups is 1. The summed E-state index contributed by atoms with van der Waals surface area (Å²) in [6.45, 7) is 4.03. The van der Waals surface area contributed by atoms with Crippen molar-refractivity contribution in [2.45, 2.75) is 32.1 Å². The van der Waals surface area contributed by atoms with Crippen LogP contribution in [0, 0.1) is 6.92 Å². The third kappa shape index (κ3) is 1.88. The van der Waals surface area contributed by atoms with Gasteiger partial charge in [0, 0.05) is 12.5 Å². The molecule has 0 saturated carbocycles. The summed E-state index contributed by atoms with van der Waals surface area (Å²) in [7, 11) is 1.75. The lowest BCUT2D eigenvalue weighted by Gasteiger charge is -2.27. The van der Waals surface area contributed by atoms with Gasteiger partial charge in [-0.25, -0.2) is 0 Å². The minimum absolute atomic E-state index is 0.450. The number of nitrogens with zero attached hydrogens (tertiary/aromatic N) is 1. The molecule has 3 rings (SSSR count). The summed E-state index contributed by atoms with van der Waals surface area (Å²) in [4.78, 5) is 4.60. The molecular formula is C15H20N2O. The van der Waals surface area contributed by atoms with Gasteiger partial charge >= 0.3 is 0 Å². The normalized spacial score (nSPS) is 22.1. The molecule has 2 aliphatic rings. The van der Waals surface area contributed by atoms with E-state index in [4.69, 9.17) is 4.74 Å². The maximum absolute atomic E-state index is 5.46. The minimum Gasteiger partial charge on any atom is -0.496 e. The molecular weight excluding hydrogens is 224 g/mol. The summed E-state index contributed by atoms with van der Waals surface area (Å²) in [6.07, 6.45) is 3.64. The number of ether oxygens (including phenoxy) is 1. The lowest BCUT2D eigenvalue weighted by Crippen LogP contribution is -2.28. The number of hydrogen-bond acceptors (Lipinski definition) is 3. The third-order valence-electron chi connectivity index (χ3n) is 4.00. The highest BCUT2D eigenvalue weighted by molar-refractivity contribution is 5.90. The van der Waals surface area contributed by atoms with E-state index in [2.05, 4.69) is 29.4 Å². The standard InChI is InChI=1S/C15H20N2O/c1-10-8-11-4-3-5-12(15-16-6-7-17-15)13(11)9-14(10)18-2/h8-9,12H,3-7H2,1-2H3,(H,16,17). The van der Waals surface area contributed by atoms with Crippen LogP contribution in [0.2, 0.25) is 0 Å². The van der Waals surface area contributed by atoms with Crippen LogP contribution in [0.1, 0.15) is 35.4 Å². The number of rotatable bonds is 2. The van der Waals surface area contributed by atoms with Gasteiger partial charge in [-0.15, -0.1) is 0 Å². The van der Waals surface area contributed by atoms with Crippen LogP contribution in [0.15, 0.2) is 17.1 Å². The van der Waals surface area contributed by atoms with Crippen LogP contribution >= 0.6 is 0 Å². The van der Waals surface area contributed by atoms with E-state index in [1.807, 2.05) is 0 Å². The maximum atomic E-state index is 5.46. The monoisotopic (exact) mass is 244 g/mol. The van der Waals surface area contributed by atoms with Crippen LogP contribution in [0.4, 0.5) is 0 Å². The Labute approximate surface area is 108 Å². The van der Waals surface area contributed by atoms with Gasteiger partial charge in [-0.1, -0.05) is 6.07 Å². The molecule has 0 bridgehead atoms. The number of benzene rings is 1. The van der Waals surface area contributed by atoms with Crippen molar-refractivity contribution in [3.05, 3.63) is 28.8 Å². The average Bonchev–Trinajstić information content (AvgIpc) is 2.90. The summed E-state index contributed by atoms with van der Waals surface area (Å²) >= 11 is 0. The quantitative estimate of drug-likeness (QED) is 0.867. The third-order valence-corrected chi connectivity index (χ3v) is 4.00. The molecule has 1 aliphatic heterocycles. The summed E-state index contributed by atoms with van der Waals surface area (Å²) in [5.41, 5.74) is 4.12. The number of aliphatic imine (C=N–C) groups is 1. The fourth-order valence-corrected chi connectivity index (χ4v) is 3.11. The molecule has 0 radical (unpaired) electrons. The Morgan fingerprint density at radius 3 is 3.00 bits per heavy atom. The number of methoxy groups -OCH3 is 1. The largest absolute Gasteiger partial charge is 0.496 e. The fourth-order valence-electron chi connectivity index (χ4n) is 3.11. The van der Waals surface area contributed by atoms with Crippen molar-refractivity contribution in [1.29, 1.82) is 0 Å². The van der Waals surface area contributed by atoms with Crippen molar-refractivity contribution in [3.8, 4) is 5.75 Å². The van der Waals surface area contributed by atoms with E-state index >= 15 is 0 Å². The highest BCUT2D eigenvalue weighted by Gasteiger charge is 2.27. The maximum Gasteiger partial charge on any atom is 0.122 e. The highest BCUT2D eigenvalue weighted by Crippen LogP contribution is 2.36. The zero-order valence-corrected chi connectivity index (χ0v) is 11.1. The second-order valence-electron chi connectivity index (χ2n) is 5.16. The summed E-state index contributed by atoms with van der Waals surface area (Å²) in [5.74, 6) is 2.63. The van der Waals surface area contributed by atoms with Crippen LogP contribution < -0.4 is 10.1 Å². The van der Waals surface area contributed by atoms with E-state index in [0.29, 0.717) is 5.92 Å². The molecule has 1 heterocycles. The molecule has 1 N–H and O–H groups in total. The number of fused-ring (bicyclic) bond motifs is 1. The Morgan fingerprint density at radius 1 is 1.39 bits per heavy atom. The lowest BCUT2D eigenvalue weighted by atomic mass is 9.81. The molecule has 0 spiro atoms. The van der Waals surface area contributed by atoms with Gasteiger partial charge in [0.15, 0.2) is 0 Å². The molecule has 1 aliphatic carbocycles. The van der Waals surface area contributed by atoms with Gasteiger partial charge < -0.3 is 10.1 Å². The first-order chi connectivity index (χ1) is 8.79. The lowest BCUT2D eigenvalue weighted by molar-refractivity contribution is 0.410. The SMILES string of the molecule is COc1cc2c(cc1C)CCCC2C1=NCCN1. The van der Waals surface area contributed by atoms with Gasteiger partial charge in [-0.3, -0.25) is 4.99 Å². The summed E-state index contributed by atoms with van der Waals surface area (Å²) < 4.78 is 5.46. The van der Waals surface area contributed by atoms with E-state index in [1.165, 1.54) is 41.8 Å². The molecule has 0 fully saturated rings. The predicted octanol–water partition coefficient (Wildman–Crippen LogP) is 2.43. The molecule has 1 aromatic rings. The number of nitrogens with one attached hydrogen (secondary N) is 1. The first-order valence-corrected chi connectivity index (χ1v) is 6.75. The summed E-state index contributed by atoms with van der Waals surface area (Å²) in [5, 5.41) is 3.43. The van der Waals surface area contributed by atoms with Gasteiger partial charge in [-0.2, -0.15) is 0 Å².